The number of hydrogen-bond donors (Lipinski definition) is 1. The van der Waals surface area contributed by atoms with E-state index in [9.17, 15) is 9.59 Å². The maximum atomic E-state index is 12.7. The number of ether oxygens (including phenoxy) is 1. The minimum atomic E-state index is -0.536. The zero-order valence-electron chi connectivity index (χ0n) is 14.5. The molecule has 0 aliphatic carbocycles. The molecule has 0 spiro atoms. The second-order valence-corrected chi connectivity index (χ2v) is 5.95. The molecule has 0 bridgehead atoms. The van der Waals surface area contributed by atoms with Crippen LogP contribution < -0.4 is 15.0 Å². The van der Waals surface area contributed by atoms with E-state index in [0.717, 1.165) is 17.9 Å². The van der Waals surface area contributed by atoms with Crippen molar-refractivity contribution in [3.8, 4) is 5.75 Å². The van der Waals surface area contributed by atoms with E-state index in [1.165, 1.54) is 10.5 Å². The molecule has 2 aromatic rings. The highest BCUT2D eigenvalue weighted by atomic mass is 16.5. The first-order chi connectivity index (χ1) is 12.1. The normalized spacial score (nSPS) is 17.0. The topological polar surface area (TPSA) is 58.6 Å². The van der Waals surface area contributed by atoms with Gasteiger partial charge in [-0.3, -0.25) is 9.59 Å². The van der Waals surface area contributed by atoms with E-state index in [2.05, 4.69) is 12.2 Å². The van der Waals surface area contributed by atoms with Crippen LogP contribution in [0.1, 0.15) is 25.8 Å². The predicted molar refractivity (Wildman–Crippen MR) is 98.0 cm³/mol. The van der Waals surface area contributed by atoms with Gasteiger partial charge in [-0.1, -0.05) is 19.1 Å². The molecule has 1 fully saturated rings. The Morgan fingerprint density at radius 3 is 2.32 bits per heavy atom. The van der Waals surface area contributed by atoms with E-state index in [1.54, 1.807) is 24.3 Å². The number of nitrogens with one attached hydrogen (secondary N) is 1. The molecular weight excluding hydrogens is 316 g/mol. The lowest BCUT2D eigenvalue weighted by molar-refractivity contribution is -0.121. The van der Waals surface area contributed by atoms with Crippen molar-refractivity contribution in [1.29, 1.82) is 0 Å². The van der Waals surface area contributed by atoms with E-state index < -0.39 is 6.04 Å². The second kappa shape index (κ2) is 7.38. The number of rotatable bonds is 6. The van der Waals surface area contributed by atoms with E-state index >= 15 is 0 Å². The van der Waals surface area contributed by atoms with Crippen molar-refractivity contribution in [2.75, 3.05) is 16.8 Å². The lowest BCUT2D eigenvalue weighted by atomic mass is 10.1. The summed E-state index contributed by atoms with van der Waals surface area (Å²) in [4.78, 5) is 26.2. The van der Waals surface area contributed by atoms with Gasteiger partial charge in [-0.25, -0.2) is 4.90 Å². The van der Waals surface area contributed by atoms with Crippen LogP contribution >= 0.6 is 0 Å². The van der Waals surface area contributed by atoms with Crippen LogP contribution in [0, 0.1) is 0 Å². The number of aryl methyl sites for hydroxylation is 1. The van der Waals surface area contributed by atoms with Gasteiger partial charge < -0.3 is 10.1 Å². The maximum absolute atomic E-state index is 12.7. The smallest absolute Gasteiger partial charge is 0.256 e. The Morgan fingerprint density at radius 1 is 1.04 bits per heavy atom. The van der Waals surface area contributed by atoms with E-state index in [0.29, 0.717) is 12.3 Å². The highest BCUT2D eigenvalue weighted by Crippen LogP contribution is 2.27. The fraction of sp³-hybridized carbons (Fsp3) is 0.300. The molecule has 0 radical (unpaired) electrons. The van der Waals surface area contributed by atoms with E-state index in [1.807, 2.05) is 31.2 Å². The monoisotopic (exact) mass is 338 g/mol. The Bertz CT molecular complexity index is 754. The average Bonchev–Trinajstić information content (AvgIpc) is 2.90. The van der Waals surface area contributed by atoms with Crippen LogP contribution in [0.5, 0.6) is 5.75 Å². The Balaban J connectivity index is 1.72. The molecule has 25 heavy (non-hydrogen) atoms. The number of benzene rings is 2. The summed E-state index contributed by atoms with van der Waals surface area (Å²) in [6.45, 7) is 4.57. The fourth-order valence-electron chi connectivity index (χ4n) is 2.91. The van der Waals surface area contributed by atoms with Crippen molar-refractivity contribution >= 4 is 23.2 Å². The first kappa shape index (κ1) is 17.0. The second-order valence-electron chi connectivity index (χ2n) is 5.95. The summed E-state index contributed by atoms with van der Waals surface area (Å²) in [7, 11) is 0. The molecule has 1 heterocycles. The Hall–Kier alpha value is -2.82. The highest BCUT2D eigenvalue weighted by Gasteiger charge is 2.39. The van der Waals surface area contributed by atoms with Gasteiger partial charge in [-0.05, 0) is 55.3 Å². The van der Waals surface area contributed by atoms with Crippen LogP contribution in [0.2, 0.25) is 0 Å². The van der Waals surface area contributed by atoms with Crippen molar-refractivity contribution < 1.29 is 14.3 Å². The summed E-state index contributed by atoms with van der Waals surface area (Å²) in [6, 6.07) is 14.4. The molecule has 0 aromatic heterocycles. The van der Waals surface area contributed by atoms with Gasteiger partial charge in [0.2, 0.25) is 5.91 Å². The van der Waals surface area contributed by atoms with Crippen molar-refractivity contribution in [1.82, 2.24) is 0 Å². The van der Waals surface area contributed by atoms with Gasteiger partial charge in [0.1, 0.15) is 11.8 Å². The number of hydrogen-bond acceptors (Lipinski definition) is 4. The zero-order chi connectivity index (χ0) is 17.8. The molecule has 0 saturated carbocycles. The summed E-state index contributed by atoms with van der Waals surface area (Å²) in [5.74, 6) is 0.293. The number of amides is 2. The minimum absolute atomic E-state index is 0.154. The first-order valence-electron chi connectivity index (χ1n) is 8.57. The highest BCUT2D eigenvalue weighted by molar-refractivity contribution is 6.23. The number of carbonyl (C=O) groups is 2. The molecular formula is C20H22N2O3. The number of nitrogens with zero attached hydrogens (tertiary/aromatic N) is 1. The number of imide groups is 1. The van der Waals surface area contributed by atoms with E-state index in [4.69, 9.17) is 4.74 Å². The summed E-state index contributed by atoms with van der Waals surface area (Å²) in [5.41, 5.74) is 2.65. The van der Waals surface area contributed by atoms with Crippen molar-refractivity contribution in [3.05, 3.63) is 54.1 Å². The van der Waals surface area contributed by atoms with Crippen molar-refractivity contribution in [2.24, 2.45) is 0 Å². The predicted octanol–water partition coefficient (Wildman–Crippen LogP) is 3.39. The summed E-state index contributed by atoms with van der Waals surface area (Å²) in [6.07, 6.45) is 1.12. The molecule has 1 aliphatic rings. The SMILES string of the molecule is CCOc1ccc(N2C(=O)C[C@@H](Nc3ccc(CC)cc3)C2=O)cc1. The third kappa shape index (κ3) is 3.65. The van der Waals surface area contributed by atoms with Crippen LogP contribution in [0.4, 0.5) is 11.4 Å². The third-order valence-electron chi connectivity index (χ3n) is 4.26. The molecule has 1 aliphatic heterocycles. The van der Waals surface area contributed by atoms with Gasteiger partial charge >= 0.3 is 0 Å². The van der Waals surface area contributed by atoms with Crippen molar-refractivity contribution in [2.45, 2.75) is 32.7 Å². The molecule has 5 heteroatoms. The Kier molecular flexibility index (Phi) is 5.03. The zero-order valence-corrected chi connectivity index (χ0v) is 14.5. The molecule has 5 nitrogen and oxygen atoms in total. The maximum Gasteiger partial charge on any atom is 0.256 e. The largest absolute Gasteiger partial charge is 0.494 e. The number of carbonyl (C=O) groups excluding carboxylic acids is 2. The van der Waals surface area contributed by atoms with Gasteiger partial charge in [0.25, 0.3) is 5.91 Å². The first-order valence-corrected chi connectivity index (χ1v) is 8.57. The van der Waals surface area contributed by atoms with Gasteiger partial charge in [0, 0.05) is 5.69 Å². The van der Waals surface area contributed by atoms with Crippen LogP contribution in [-0.2, 0) is 16.0 Å². The quantitative estimate of drug-likeness (QED) is 0.820. The summed E-state index contributed by atoms with van der Waals surface area (Å²) < 4.78 is 5.40. The van der Waals surface area contributed by atoms with Gasteiger partial charge in [-0.2, -0.15) is 0 Å². The molecule has 1 N–H and O–H groups in total. The third-order valence-corrected chi connectivity index (χ3v) is 4.26. The van der Waals surface area contributed by atoms with Gasteiger partial charge in [0.15, 0.2) is 0 Å². The molecule has 1 atom stereocenters. The van der Waals surface area contributed by atoms with E-state index in [-0.39, 0.29) is 18.2 Å². The fourth-order valence-corrected chi connectivity index (χ4v) is 2.91. The van der Waals surface area contributed by atoms with Crippen LogP contribution in [0.15, 0.2) is 48.5 Å². The molecule has 1 saturated heterocycles. The lowest BCUT2D eigenvalue weighted by Gasteiger charge is -2.16. The van der Waals surface area contributed by atoms with Crippen LogP contribution in [0.25, 0.3) is 0 Å². The summed E-state index contributed by atoms with van der Waals surface area (Å²) >= 11 is 0. The lowest BCUT2D eigenvalue weighted by Crippen LogP contribution is -2.34. The molecule has 2 aromatic carbocycles. The molecule has 3 rings (SSSR count). The average molecular weight is 338 g/mol. The Morgan fingerprint density at radius 2 is 1.72 bits per heavy atom. The molecule has 0 unspecified atom stereocenters. The minimum Gasteiger partial charge on any atom is -0.494 e. The Labute approximate surface area is 147 Å². The standard InChI is InChI=1S/C20H22N2O3/c1-3-14-5-7-15(8-6-14)21-18-13-19(23)22(20(18)24)16-9-11-17(12-10-16)25-4-2/h5-12,18,21H,3-4,13H2,1-2H3/t18-/m1/s1. The molecule has 130 valence electrons. The van der Waals surface area contributed by atoms with Crippen LogP contribution in [0.3, 0.4) is 0 Å². The number of anilines is 2. The van der Waals surface area contributed by atoms with Crippen molar-refractivity contribution in [3.63, 3.8) is 0 Å². The van der Waals surface area contributed by atoms with Gasteiger partial charge in [-0.15, -0.1) is 0 Å². The molecule has 2 amide bonds. The van der Waals surface area contributed by atoms with Gasteiger partial charge in [0.05, 0.1) is 18.7 Å². The summed E-state index contributed by atoms with van der Waals surface area (Å²) in [5, 5.41) is 3.17. The van der Waals surface area contributed by atoms with Crippen LogP contribution in [-0.4, -0.2) is 24.5 Å².